The summed E-state index contributed by atoms with van der Waals surface area (Å²) >= 11 is 5.77. The van der Waals surface area contributed by atoms with Crippen LogP contribution < -0.4 is 10.6 Å². The highest BCUT2D eigenvalue weighted by atomic mass is 35.5. The van der Waals surface area contributed by atoms with Gasteiger partial charge in [-0.2, -0.15) is 13.2 Å². The summed E-state index contributed by atoms with van der Waals surface area (Å²) in [5, 5.41) is 5.36. The number of para-hydroxylation sites is 1. The van der Waals surface area contributed by atoms with E-state index in [2.05, 4.69) is 10.6 Å². The minimum Gasteiger partial charge on any atom is -0.338 e. The average Bonchev–Trinajstić information content (AvgIpc) is 2.49. The van der Waals surface area contributed by atoms with E-state index < -0.39 is 17.8 Å². The second kappa shape index (κ2) is 7.37. The van der Waals surface area contributed by atoms with E-state index in [0.29, 0.717) is 18.0 Å². The van der Waals surface area contributed by atoms with Crippen LogP contribution in [0.1, 0.15) is 11.1 Å². The summed E-state index contributed by atoms with van der Waals surface area (Å²) in [4.78, 5) is 11.7. The van der Waals surface area contributed by atoms with Crippen molar-refractivity contribution < 1.29 is 18.0 Å². The maximum absolute atomic E-state index is 12.8. The number of hydrogen-bond acceptors (Lipinski definition) is 1. The number of hydrogen-bond donors (Lipinski definition) is 2. The van der Waals surface area contributed by atoms with Crippen LogP contribution in [0.25, 0.3) is 0 Å². The zero-order valence-electron chi connectivity index (χ0n) is 12.0. The molecule has 2 rings (SSSR count). The van der Waals surface area contributed by atoms with Crippen LogP contribution in [0.4, 0.5) is 23.7 Å². The Bertz CT molecular complexity index is 672. The molecule has 2 N–H and O–H groups in total. The van der Waals surface area contributed by atoms with Crippen LogP contribution in [0.3, 0.4) is 0 Å². The van der Waals surface area contributed by atoms with Gasteiger partial charge in [0.25, 0.3) is 0 Å². The molecular weight excluding hydrogens is 329 g/mol. The maximum atomic E-state index is 12.8. The van der Waals surface area contributed by atoms with E-state index in [-0.39, 0.29) is 5.69 Å². The number of benzene rings is 2. The number of nitrogens with one attached hydrogen (secondary N) is 2. The number of anilines is 1. The fourth-order valence-corrected chi connectivity index (χ4v) is 2.10. The van der Waals surface area contributed by atoms with Crippen molar-refractivity contribution in [2.75, 3.05) is 11.9 Å². The molecule has 7 heteroatoms. The summed E-state index contributed by atoms with van der Waals surface area (Å²) in [7, 11) is 0. The first-order chi connectivity index (χ1) is 10.9. The number of carbonyl (C=O) groups excluding carboxylic acids is 1. The highest BCUT2D eigenvalue weighted by Crippen LogP contribution is 2.34. The Morgan fingerprint density at radius 3 is 2.35 bits per heavy atom. The summed E-state index contributed by atoms with van der Waals surface area (Å²) in [5.41, 5.74) is -0.192. The van der Waals surface area contributed by atoms with Crippen LogP contribution >= 0.6 is 11.6 Å². The molecule has 0 unspecified atom stereocenters. The van der Waals surface area contributed by atoms with Crippen LogP contribution in [-0.2, 0) is 12.6 Å². The van der Waals surface area contributed by atoms with Crippen molar-refractivity contribution >= 4 is 23.3 Å². The molecule has 0 radical (unpaired) electrons. The van der Waals surface area contributed by atoms with E-state index in [1.54, 1.807) is 12.1 Å². The minimum absolute atomic E-state index is 0.274. The van der Waals surface area contributed by atoms with Gasteiger partial charge in [-0.25, -0.2) is 4.79 Å². The standard InChI is InChI=1S/C16H14ClF3N2O/c17-12-7-5-11(6-8-12)9-10-21-15(23)22-14-4-2-1-3-13(14)16(18,19)20/h1-8H,9-10H2,(H2,21,22,23). The molecule has 0 aliphatic rings. The van der Waals surface area contributed by atoms with Crippen molar-refractivity contribution in [1.29, 1.82) is 0 Å². The van der Waals surface area contributed by atoms with Crippen LogP contribution in [0.2, 0.25) is 5.02 Å². The molecule has 2 aromatic rings. The molecule has 0 aliphatic heterocycles. The maximum Gasteiger partial charge on any atom is 0.418 e. The zero-order valence-corrected chi connectivity index (χ0v) is 12.7. The van der Waals surface area contributed by atoms with E-state index in [4.69, 9.17) is 11.6 Å². The molecule has 0 heterocycles. The number of rotatable bonds is 4. The Kier molecular flexibility index (Phi) is 5.50. The Labute approximate surface area is 136 Å². The van der Waals surface area contributed by atoms with Gasteiger partial charge in [-0.3, -0.25) is 0 Å². The van der Waals surface area contributed by atoms with Crippen LogP contribution in [-0.4, -0.2) is 12.6 Å². The van der Waals surface area contributed by atoms with Crippen molar-refractivity contribution in [2.24, 2.45) is 0 Å². The van der Waals surface area contributed by atoms with Gasteiger partial charge in [0, 0.05) is 11.6 Å². The smallest absolute Gasteiger partial charge is 0.338 e. The molecule has 0 saturated heterocycles. The number of urea groups is 1. The molecule has 23 heavy (non-hydrogen) atoms. The Morgan fingerprint density at radius 1 is 1.04 bits per heavy atom. The van der Waals surface area contributed by atoms with Gasteiger partial charge >= 0.3 is 12.2 Å². The van der Waals surface area contributed by atoms with Crippen molar-refractivity contribution in [3.63, 3.8) is 0 Å². The summed E-state index contributed by atoms with van der Waals surface area (Å²) in [5.74, 6) is 0. The normalized spacial score (nSPS) is 11.1. The van der Waals surface area contributed by atoms with Gasteiger partial charge < -0.3 is 10.6 Å². The lowest BCUT2D eigenvalue weighted by atomic mass is 10.1. The topological polar surface area (TPSA) is 41.1 Å². The molecule has 3 nitrogen and oxygen atoms in total. The summed E-state index contributed by atoms with van der Waals surface area (Å²) < 4.78 is 38.5. The van der Waals surface area contributed by atoms with Gasteiger partial charge in [-0.15, -0.1) is 0 Å². The third-order valence-corrected chi connectivity index (χ3v) is 3.35. The third-order valence-electron chi connectivity index (χ3n) is 3.09. The van der Waals surface area contributed by atoms with Crippen LogP contribution in [0.5, 0.6) is 0 Å². The van der Waals surface area contributed by atoms with Crippen LogP contribution in [0, 0.1) is 0 Å². The van der Waals surface area contributed by atoms with Crippen molar-refractivity contribution in [2.45, 2.75) is 12.6 Å². The monoisotopic (exact) mass is 342 g/mol. The lowest BCUT2D eigenvalue weighted by molar-refractivity contribution is -0.136. The fourth-order valence-electron chi connectivity index (χ4n) is 1.98. The predicted molar refractivity (Wildman–Crippen MR) is 83.6 cm³/mol. The Hall–Kier alpha value is -2.21. The SMILES string of the molecule is O=C(NCCc1ccc(Cl)cc1)Nc1ccccc1C(F)(F)F. The molecular formula is C16H14ClF3N2O. The first kappa shape index (κ1) is 17.1. The van der Waals surface area contributed by atoms with E-state index >= 15 is 0 Å². The Morgan fingerprint density at radius 2 is 1.70 bits per heavy atom. The number of amides is 2. The van der Waals surface area contributed by atoms with Gasteiger partial charge in [0.1, 0.15) is 0 Å². The molecule has 0 bridgehead atoms. The summed E-state index contributed by atoms with van der Waals surface area (Å²) in [6, 6.07) is 11.3. The van der Waals surface area contributed by atoms with E-state index in [0.717, 1.165) is 11.6 Å². The quantitative estimate of drug-likeness (QED) is 0.829. The molecule has 0 atom stereocenters. The van der Waals surface area contributed by atoms with Gasteiger partial charge in [0.15, 0.2) is 0 Å². The molecule has 122 valence electrons. The summed E-state index contributed by atoms with van der Waals surface area (Å²) in [6.07, 6.45) is -3.97. The predicted octanol–water partition coefficient (Wildman–Crippen LogP) is 4.72. The fraction of sp³-hybridized carbons (Fsp3) is 0.188. The number of halogens is 4. The van der Waals surface area contributed by atoms with Crippen molar-refractivity contribution in [3.8, 4) is 0 Å². The van der Waals surface area contributed by atoms with Gasteiger partial charge in [0.05, 0.1) is 11.3 Å². The van der Waals surface area contributed by atoms with Gasteiger partial charge in [-0.05, 0) is 36.2 Å². The molecule has 0 fully saturated rings. The second-order valence-electron chi connectivity index (χ2n) is 4.80. The molecule has 0 aromatic heterocycles. The lowest BCUT2D eigenvalue weighted by Crippen LogP contribution is -2.31. The molecule has 0 saturated carbocycles. The van der Waals surface area contributed by atoms with Gasteiger partial charge in [0.2, 0.25) is 0 Å². The minimum atomic E-state index is -4.52. The molecule has 0 aliphatic carbocycles. The molecule has 2 amide bonds. The van der Waals surface area contributed by atoms with E-state index in [1.165, 1.54) is 18.2 Å². The van der Waals surface area contributed by atoms with E-state index in [1.807, 2.05) is 12.1 Å². The lowest BCUT2D eigenvalue weighted by Gasteiger charge is -2.14. The Balaban J connectivity index is 1.89. The van der Waals surface area contributed by atoms with E-state index in [9.17, 15) is 18.0 Å². The largest absolute Gasteiger partial charge is 0.418 e. The molecule has 0 spiro atoms. The summed E-state index contributed by atoms with van der Waals surface area (Å²) in [6.45, 7) is 0.293. The average molecular weight is 343 g/mol. The van der Waals surface area contributed by atoms with Crippen molar-refractivity contribution in [3.05, 3.63) is 64.7 Å². The second-order valence-corrected chi connectivity index (χ2v) is 5.24. The first-order valence-corrected chi connectivity index (χ1v) is 7.19. The van der Waals surface area contributed by atoms with Crippen LogP contribution in [0.15, 0.2) is 48.5 Å². The highest BCUT2D eigenvalue weighted by molar-refractivity contribution is 6.30. The molecule has 2 aromatic carbocycles. The number of alkyl halides is 3. The third kappa shape index (κ3) is 5.17. The number of carbonyl (C=O) groups is 1. The first-order valence-electron chi connectivity index (χ1n) is 6.82. The van der Waals surface area contributed by atoms with Gasteiger partial charge in [-0.1, -0.05) is 35.9 Å². The van der Waals surface area contributed by atoms with Crippen molar-refractivity contribution in [1.82, 2.24) is 5.32 Å². The zero-order chi connectivity index (χ0) is 16.9. The highest BCUT2D eigenvalue weighted by Gasteiger charge is 2.33.